The fourth-order valence-electron chi connectivity index (χ4n) is 0.969. The molecule has 0 atom stereocenters. The van der Waals surface area contributed by atoms with Gasteiger partial charge in [0.15, 0.2) is 0 Å². The molecule has 0 radical (unpaired) electrons. The van der Waals surface area contributed by atoms with Gasteiger partial charge in [0.2, 0.25) is 0 Å². The fraction of sp³-hybridized carbons (Fsp3) is 0.143. The third kappa shape index (κ3) is 1.09. The molecule has 56 valence electrons. The first-order valence-electron chi connectivity index (χ1n) is 3.22. The molecule has 0 aromatic carbocycles. The Balaban J connectivity index is 2.69. The van der Waals surface area contributed by atoms with Crippen LogP contribution in [0.4, 0.5) is 0 Å². The quantitative estimate of drug-likeness (QED) is 0.625. The monoisotopic (exact) mass is 166 g/mol. The molecule has 2 rings (SSSR count). The highest BCUT2D eigenvalue weighted by molar-refractivity contribution is 8.01. The number of aromatic nitrogens is 2. The number of hydrogen-bond acceptors (Lipinski definition) is 3. The van der Waals surface area contributed by atoms with Crippen LogP contribution in [0.15, 0.2) is 16.5 Å². The molecule has 0 fully saturated rings. The molecule has 11 heavy (non-hydrogen) atoms. The van der Waals surface area contributed by atoms with Crippen molar-refractivity contribution in [2.24, 2.45) is 0 Å². The van der Waals surface area contributed by atoms with Crippen molar-refractivity contribution >= 4 is 17.8 Å². The van der Waals surface area contributed by atoms with E-state index >= 15 is 0 Å². The molecular formula is C7H6N2OS. The molecule has 1 aromatic heterocycles. The summed E-state index contributed by atoms with van der Waals surface area (Å²) in [6, 6.07) is 0. The molecule has 0 unspecified atom stereocenters. The molecule has 0 bridgehead atoms. The van der Waals surface area contributed by atoms with Crippen LogP contribution in [0.1, 0.15) is 11.3 Å². The molecular weight excluding hydrogens is 160 g/mol. The third-order valence-electron chi connectivity index (χ3n) is 1.53. The Labute approximate surface area is 67.6 Å². The van der Waals surface area contributed by atoms with Crippen molar-refractivity contribution in [3.8, 4) is 0 Å². The van der Waals surface area contributed by atoms with Crippen LogP contribution < -0.4 is 5.56 Å². The van der Waals surface area contributed by atoms with E-state index in [2.05, 4.69) is 9.97 Å². The molecule has 1 N–H and O–H groups in total. The van der Waals surface area contributed by atoms with Crippen molar-refractivity contribution in [1.29, 1.82) is 0 Å². The maximum atomic E-state index is 11.1. The van der Waals surface area contributed by atoms with Gasteiger partial charge in [-0.2, -0.15) is 0 Å². The van der Waals surface area contributed by atoms with Crippen molar-refractivity contribution in [3.05, 3.63) is 33.3 Å². The Hall–Kier alpha value is -1.03. The lowest BCUT2D eigenvalue weighted by Gasteiger charge is -2.05. The predicted octanol–water partition coefficient (Wildman–Crippen LogP) is 0.987. The van der Waals surface area contributed by atoms with Crippen LogP contribution in [-0.2, 0) is 5.75 Å². The number of nitrogens with zero attached hydrogens (tertiary/aromatic N) is 1. The summed E-state index contributed by atoms with van der Waals surface area (Å²) in [5.41, 5.74) is 1.55. The van der Waals surface area contributed by atoms with Gasteiger partial charge in [-0.3, -0.25) is 4.79 Å². The van der Waals surface area contributed by atoms with Crippen LogP contribution in [0.5, 0.6) is 0 Å². The fourth-order valence-corrected chi connectivity index (χ4v) is 1.74. The largest absolute Gasteiger partial charge is 0.313 e. The number of nitrogens with one attached hydrogen (secondary N) is 1. The van der Waals surface area contributed by atoms with Gasteiger partial charge in [0.25, 0.3) is 5.56 Å². The highest BCUT2D eigenvalue weighted by Crippen LogP contribution is 2.19. The second kappa shape index (κ2) is 2.54. The van der Waals surface area contributed by atoms with Gasteiger partial charge in [0.1, 0.15) is 0 Å². The molecule has 0 saturated carbocycles. The molecule has 0 aliphatic carbocycles. The lowest BCUT2D eigenvalue weighted by molar-refractivity contribution is 1.05. The van der Waals surface area contributed by atoms with E-state index in [1.165, 1.54) is 6.33 Å². The third-order valence-corrected chi connectivity index (χ3v) is 2.32. The second-order valence-electron chi connectivity index (χ2n) is 2.21. The van der Waals surface area contributed by atoms with E-state index in [4.69, 9.17) is 0 Å². The summed E-state index contributed by atoms with van der Waals surface area (Å²) in [4.78, 5) is 17.7. The van der Waals surface area contributed by atoms with E-state index in [-0.39, 0.29) is 5.56 Å². The summed E-state index contributed by atoms with van der Waals surface area (Å²) in [6.45, 7) is 0. The van der Waals surface area contributed by atoms with Crippen LogP contribution in [-0.4, -0.2) is 9.97 Å². The van der Waals surface area contributed by atoms with Gasteiger partial charge in [-0.25, -0.2) is 4.98 Å². The van der Waals surface area contributed by atoms with Crippen molar-refractivity contribution in [2.75, 3.05) is 0 Å². The summed E-state index contributed by atoms with van der Waals surface area (Å²) < 4.78 is 0. The van der Waals surface area contributed by atoms with Crippen LogP contribution in [0.2, 0.25) is 0 Å². The zero-order valence-corrected chi connectivity index (χ0v) is 6.52. The molecule has 0 amide bonds. The maximum Gasteiger partial charge on any atom is 0.255 e. The van der Waals surface area contributed by atoms with E-state index in [1.54, 1.807) is 11.8 Å². The summed E-state index contributed by atoms with van der Waals surface area (Å²) >= 11 is 1.61. The Bertz CT molecular complexity index is 356. The standard InChI is InChI=1S/C7H6N2OS/c10-7-5-3-11-2-1-6(5)8-4-9-7/h1-2,4H,3H2,(H,8,9,10). The maximum absolute atomic E-state index is 11.1. The number of hydrogen-bond donors (Lipinski definition) is 1. The number of H-pyrrole nitrogens is 1. The van der Waals surface area contributed by atoms with Crippen molar-refractivity contribution in [1.82, 2.24) is 9.97 Å². The van der Waals surface area contributed by atoms with Gasteiger partial charge in [0.05, 0.1) is 17.6 Å². The van der Waals surface area contributed by atoms with Gasteiger partial charge < -0.3 is 4.98 Å². The highest BCUT2D eigenvalue weighted by atomic mass is 32.2. The first kappa shape index (κ1) is 6.67. The molecule has 1 aliphatic heterocycles. The zero-order chi connectivity index (χ0) is 7.68. The van der Waals surface area contributed by atoms with E-state index in [0.717, 1.165) is 17.0 Å². The number of aromatic amines is 1. The number of rotatable bonds is 0. The highest BCUT2D eigenvalue weighted by Gasteiger charge is 2.08. The Morgan fingerprint density at radius 3 is 3.36 bits per heavy atom. The summed E-state index contributed by atoms with van der Waals surface area (Å²) in [5.74, 6) is 0.731. The average molecular weight is 166 g/mol. The average Bonchev–Trinajstić information content (AvgIpc) is 2.06. The second-order valence-corrected chi connectivity index (χ2v) is 3.10. The van der Waals surface area contributed by atoms with E-state index in [9.17, 15) is 4.79 Å². The van der Waals surface area contributed by atoms with Crippen LogP contribution in [0.25, 0.3) is 6.08 Å². The van der Waals surface area contributed by atoms with Gasteiger partial charge in [-0.15, -0.1) is 11.8 Å². The van der Waals surface area contributed by atoms with Gasteiger partial charge in [-0.05, 0) is 11.5 Å². The molecule has 2 heterocycles. The normalized spacial score (nSPS) is 14.5. The topological polar surface area (TPSA) is 45.8 Å². The minimum Gasteiger partial charge on any atom is -0.313 e. The zero-order valence-electron chi connectivity index (χ0n) is 5.70. The first-order chi connectivity index (χ1) is 5.38. The minimum atomic E-state index is -0.0214. The van der Waals surface area contributed by atoms with Crippen molar-refractivity contribution < 1.29 is 0 Å². The first-order valence-corrected chi connectivity index (χ1v) is 4.27. The van der Waals surface area contributed by atoms with Gasteiger partial charge in [-0.1, -0.05) is 0 Å². The smallest absolute Gasteiger partial charge is 0.255 e. The lowest BCUT2D eigenvalue weighted by atomic mass is 10.2. The van der Waals surface area contributed by atoms with E-state index < -0.39 is 0 Å². The Morgan fingerprint density at radius 2 is 2.55 bits per heavy atom. The molecule has 1 aromatic rings. The number of thioether (sulfide) groups is 1. The summed E-state index contributed by atoms with van der Waals surface area (Å²) in [5, 5.41) is 1.95. The van der Waals surface area contributed by atoms with Gasteiger partial charge >= 0.3 is 0 Å². The van der Waals surface area contributed by atoms with Crippen LogP contribution >= 0.6 is 11.8 Å². The number of fused-ring (bicyclic) bond motifs is 1. The predicted molar refractivity (Wildman–Crippen MR) is 45.2 cm³/mol. The SMILES string of the molecule is O=c1[nH]cnc2c1CSC=C2. The van der Waals surface area contributed by atoms with E-state index in [0.29, 0.717) is 0 Å². The Kier molecular flexibility index (Phi) is 1.54. The molecule has 0 saturated heterocycles. The summed E-state index contributed by atoms with van der Waals surface area (Å²) in [6.07, 6.45) is 3.29. The lowest BCUT2D eigenvalue weighted by Crippen LogP contribution is -2.15. The van der Waals surface area contributed by atoms with E-state index in [1.807, 2.05) is 11.5 Å². The minimum absolute atomic E-state index is 0.0214. The Morgan fingerprint density at radius 1 is 1.64 bits per heavy atom. The van der Waals surface area contributed by atoms with Gasteiger partial charge in [0, 0.05) is 5.75 Å². The summed E-state index contributed by atoms with van der Waals surface area (Å²) in [7, 11) is 0. The molecule has 3 nitrogen and oxygen atoms in total. The van der Waals surface area contributed by atoms with Crippen molar-refractivity contribution in [3.63, 3.8) is 0 Å². The molecule has 0 spiro atoms. The van der Waals surface area contributed by atoms with Crippen LogP contribution in [0.3, 0.4) is 0 Å². The van der Waals surface area contributed by atoms with Crippen molar-refractivity contribution in [2.45, 2.75) is 5.75 Å². The molecule has 4 heteroatoms. The molecule has 1 aliphatic rings. The van der Waals surface area contributed by atoms with Crippen LogP contribution in [0, 0.1) is 0 Å².